The van der Waals surface area contributed by atoms with Gasteiger partial charge < -0.3 is 15.1 Å². The topological polar surface area (TPSA) is 77.9 Å². The maximum absolute atomic E-state index is 12.8. The van der Waals surface area contributed by atoms with Crippen LogP contribution < -0.4 is 5.32 Å². The van der Waals surface area contributed by atoms with Crippen LogP contribution in [0.2, 0.25) is 10.0 Å². The summed E-state index contributed by atoms with van der Waals surface area (Å²) in [6, 6.07) is 5.30. The fraction of sp³-hybridized carbons (Fsp3) is 0.455. The normalized spacial score (nSPS) is 16.0. The van der Waals surface area contributed by atoms with Crippen LogP contribution in [-0.4, -0.2) is 54.0 Å². The molecule has 1 N–H and O–H groups in total. The van der Waals surface area contributed by atoms with E-state index in [4.69, 9.17) is 23.2 Å². The van der Waals surface area contributed by atoms with E-state index in [0.29, 0.717) is 21.2 Å². The summed E-state index contributed by atoms with van der Waals surface area (Å²) in [5.41, 5.74) is 2.89. The van der Waals surface area contributed by atoms with Crippen molar-refractivity contribution >= 4 is 29.2 Å². The number of halogens is 2. The molecule has 166 valence electrons. The number of aromatic nitrogens is 1. The maximum atomic E-state index is 12.8. The van der Waals surface area contributed by atoms with E-state index in [0.717, 1.165) is 37.1 Å². The molecule has 0 spiro atoms. The Hall–Kier alpha value is -2.22. The number of carbonyl (C=O) groups is 1. The number of hydrogen-bond donors (Lipinski definition) is 1. The lowest BCUT2D eigenvalue weighted by atomic mass is 10.0. The zero-order chi connectivity index (χ0) is 22.5. The summed E-state index contributed by atoms with van der Waals surface area (Å²) in [6.45, 7) is 3.90. The Balaban J connectivity index is 1.74. The standard InChI is InChI=1S/C22H27Cl2N5O2/c1-14(27-22(30)29(3)17-6-8-28(2)9-7-17)18-4-5-19(21(24)20(18)23)16-10-15(12-26-31)11-25-13-16/h4-5,10-11,13-14,17H,6-9,12H2,1-3H3,(H,27,30). The van der Waals surface area contributed by atoms with Gasteiger partial charge in [-0.1, -0.05) is 40.5 Å². The first-order valence-corrected chi connectivity index (χ1v) is 11.0. The first-order valence-electron chi connectivity index (χ1n) is 10.2. The third-order valence-electron chi connectivity index (χ3n) is 5.83. The molecule has 2 heterocycles. The number of nitrogens with one attached hydrogen (secondary N) is 1. The zero-order valence-corrected chi connectivity index (χ0v) is 19.5. The van der Waals surface area contributed by atoms with E-state index in [1.165, 1.54) is 0 Å². The van der Waals surface area contributed by atoms with Gasteiger partial charge in [-0.3, -0.25) is 4.98 Å². The molecule has 1 aliphatic rings. The molecule has 1 fully saturated rings. The molecule has 1 unspecified atom stereocenters. The number of nitrogens with zero attached hydrogens (tertiary/aromatic N) is 4. The van der Waals surface area contributed by atoms with E-state index >= 15 is 0 Å². The second kappa shape index (κ2) is 10.4. The number of amides is 2. The number of nitroso groups, excluding NO2 is 1. The molecule has 2 aromatic rings. The summed E-state index contributed by atoms with van der Waals surface area (Å²) in [7, 11) is 3.93. The van der Waals surface area contributed by atoms with E-state index in [1.807, 2.05) is 32.2 Å². The molecule has 0 bridgehead atoms. The van der Waals surface area contributed by atoms with Crippen molar-refractivity contribution in [2.24, 2.45) is 5.18 Å². The van der Waals surface area contributed by atoms with Crippen molar-refractivity contribution in [2.75, 3.05) is 27.2 Å². The predicted octanol–water partition coefficient (Wildman–Crippen LogP) is 5.12. The van der Waals surface area contributed by atoms with Crippen LogP contribution in [0.25, 0.3) is 11.1 Å². The van der Waals surface area contributed by atoms with E-state index in [-0.39, 0.29) is 24.7 Å². The summed E-state index contributed by atoms with van der Waals surface area (Å²) in [6.07, 6.45) is 5.17. The molecule has 0 aliphatic carbocycles. The molecule has 1 aliphatic heterocycles. The molecule has 7 nitrogen and oxygen atoms in total. The third-order valence-corrected chi connectivity index (χ3v) is 6.72. The lowest BCUT2D eigenvalue weighted by Crippen LogP contribution is -2.48. The fourth-order valence-corrected chi connectivity index (χ4v) is 4.44. The van der Waals surface area contributed by atoms with Crippen molar-refractivity contribution in [3.63, 3.8) is 0 Å². The van der Waals surface area contributed by atoms with Crippen LogP contribution in [0.3, 0.4) is 0 Å². The van der Waals surface area contributed by atoms with Crippen LogP contribution in [0.5, 0.6) is 0 Å². The van der Waals surface area contributed by atoms with E-state index in [1.54, 1.807) is 17.3 Å². The Morgan fingerprint density at radius 2 is 2.00 bits per heavy atom. The zero-order valence-electron chi connectivity index (χ0n) is 17.9. The first kappa shape index (κ1) is 23.4. The van der Waals surface area contributed by atoms with E-state index < -0.39 is 0 Å². The Labute approximate surface area is 192 Å². The molecule has 0 radical (unpaired) electrons. The highest BCUT2D eigenvalue weighted by molar-refractivity contribution is 6.44. The number of carbonyl (C=O) groups excluding carboxylic acids is 1. The molecular formula is C22H27Cl2N5O2. The number of benzene rings is 1. The average Bonchev–Trinajstić information content (AvgIpc) is 2.76. The lowest BCUT2D eigenvalue weighted by Gasteiger charge is -2.35. The second-order valence-corrected chi connectivity index (χ2v) is 8.77. The van der Waals surface area contributed by atoms with Crippen LogP contribution in [0.1, 0.15) is 36.9 Å². The Morgan fingerprint density at radius 3 is 2.68 bits per heavy atom. The van der Waals surface area contributed by atoms with Crippen LogP contribution in [0.4, 0.5) is 4.79 Å². The highest BCUT2D eigenvalue weighted by atomic mass is 35.5. The van der Waals surface area contributed by atoms with Gasteiger partial charge in [-0.2, -0.15) is 4.91 Å². The summed E-state index contributed by atoms with van der Waals surface area (Å²) in [5, 5.41) is 6.69. The summed E-state index contributed by atoms with van der Waals surface area (Å²) < 4.78 is 0. The summed E-state index contributed by atoms with van der Waals surface area (Å²) >= 11 is 13.1. The quantitative estimate of drug-likeness (QED) is 0.602. The molecule has 1 atom stereocenters. The minimum Gasteiger partial charge on any atom is -0.331 e. The Morgan fingerprint density at radius 1 is 1.29 bits per heavy atom. The average molecular weight is 464 g/mol. The molecule has 2 amide bonds. The SMILES string of the molecule is CC(NC(=O)N(C)C1CCN(C)CC1)c1ccc(-c2cncc(CN=O)c2)c(Cl)c1Cl. The van der Waals surface area contributed by atoms with Gasteiger partial charge in [0.2, 0.25) is 0 Å². The summed E-state index contributed by atoms with van der Waals surface area (Å²) in [5.74, 6) is 0. The van der Waals surface area contributed by atoms with Gasteiger partial charge in [-0.15, -0.1) is 0 Å². The number of urea groups is 1. The van der Waals surface area contributed by atoms with Crippen molar-refractivity contribution < 1.29 is 4.79 Å². The largest absolute Gasteiger partial charge is 0.331 e. The molecule has 31 heavy (non-hydrogen) atoms. The minimum absolute atomic E-state index is 0.0398. The second-order valence-electron chi connectivity index (χ2n) is 8.02. The van der Waals surface area contributed by atoms with E-state index in [9.17, 15) is 9.70 Å². The highest BCUT2D eigenvalue weighted by Gasteiger charge is 2.25. The molecule has 1 aromatic carbocycles. The monoisotopic (exact) mass is 463 g/mol. The van der Waals surface area contributed by atoms with Gasteiger partial charge in [0.25, 0.3) is 0 Å². The summed E-state index contributed by atoms with van der Waals surface area (Å²) in [4.78, 5) is 31.5. The van der Waals surface area contributed by atoms with Crippen LogP contribution in [0.15, 0.2) is 35.8 Å². The van der Waals surface area contributed by atoms with Gasteiger partial charge in [0.15, 0.2) is 0 Å². The van der Waals surface area contributed by atoms with Crippen molar-refractivity contribution in [1.29, 1.82) is 0 Å². The number of likely N-dealkylation sites (tertiary alicyclic amines) is 1. The van der Waals surface area contributed by atoms with Gasteiger partial charge in [-0.25, -0.2) is 4.79 Å². The van der Waals surface area contributed by atoms with Crippen LogP contribution >= 0.6 is 23.2 Å². The first-order chi connectivity index (χ1) is 14.8. The molecule has 1 saturated heterocycles. The molecule has 0 saturated carbocycles. The fourth-order valence-electron chi connectivity index (χ4n) is 3.83. The molecule has 9 heteroatoms. The van der Waals surface area contributed by atoms with Gasteiger partial charge in [-0.05, 0) is 57.1 Å². The molecular weight excluding hydrogens is 437 g/mol. The highest BCUT2D eigenvalue weighted by Crippen LogP contribution is 2.38. The molecule has 3 rings (SSSR count). The minimum atomic E-state index is -0.316. The predicted molar refractivity (Wildman–Crippen MR) is 124 cm³/mol. The van der Waals surface area contributed by atoms with Crippen molar-refractivity contribution in [1.82, 2.24) is 20.1 Å². The number of pyridine rings is 1. The number of piperidine rings is 1. The number of rotatable bonds is 6. The van der Waals surface area contributed by atoms with Crippen molar-refractivity contribution in [3.8, 4) is 11.1 Å². The number of hydrogen-bond acceptors (Lipinski definition) is 5. The van der Waals surface area contributed by atoms with E-state index in [2.05, 4.69) is 27.4 Å². The maximum Gasteiger partial charge on any atom is 0.317 e. The van der Waals surface area contributed by atoms with Crippen LogP contribution in [0, 0.1) is 4.91 Å². The lowest BCUT2D eigenvalue weighted by molar-refractivity contribution is 0.146. The smallest absolute Gasteiger partial charge is 0.317 e. The van der Waals surface area contributed by atoms with Gasteiger partial charge in [0.1, 0.15) is 6.54 Å². The Bertz CT molecular complexity index is 947. The van der Waals surface area contributed by atoms with Gasteiger partial charge in [0, 0.05) is 36.6 Å². The van der Waals surface area contributed by atoms with Gasteiger partial charge >= 0.3 is 6.03 Å². The van der Waals surface area contributed by atoms with Crippen LogP contribution in [-0.2, 0) is 6.54 Å². The van der Waals surface area contributed by atoms with Crippen molar-refractivity contribution in [2.45, 2.75) is 38.4 Å². The Kier molecular flexibility index (Phi) is 7.86. The van der Waals surface area contributed by atoms with Crippen molar-refractivity contribution in [3.05, 3.63) is 56.7 Å². The van der Waals surface area contributed by atoms with Gasteiger partial charge in [0.05, 0.1) is 16.1 Å². The third kappa shape index (κ3) is 5.53. The molecule has 1 aromatic heterocycles.